The Bertz CT molecular complexity index is 709. The Kier molecular flexibility index (Phi) is 4.33. The number of sulfone groups is 1. The second-order valence-corrected chi connectivity index (χ2v) is 8.37. The highest BCUT2D eigenvalue weighted by molar-refractivity contribution is 7.90. The third kappa shape index (κ3) is 3.35. The fourth-order valence-corrected chi connectivity index (χ4v) is 4.12. The van der Waals surface area contributed by atoms with Crippen LogP contribution in [0.1, 0.15) is 23.2 Å². The molecule has 3 heterocycles. The number of hydrogen-bond acceptors (Lipinski definition) is 5. The molecule has 3 aliphatic rings. The number of carbonyl (C=O) groups excluding carboxylic acids is 1. The van der Waals surface area contributed by atoms with Crippen LogP contribution in [0.15, 0.2) is 23.1 Å². The maximum absolute atomic E-state index is 12.6. The summed E-state index contributed by atoms with van der Waals surface area (Å²) in [6.07, 6.45) is 3.33. The van der Waals surface area contributed by atoms with Crippen molar-refractivity contribution in [1.29, 1.82) is 0 Å². The van der Waals surface area contributed by atoms with Crippen LogP contribution in [0.2, 0.25) is 0 Å². The van der Waals surface area contributed by atoms with E-state index in [9.17, 15) is 13.2 Å². The molecule has 1 N–H and O–H groups in total. The Morgan fingerprint density at radius 3 is 2.52 bits per heavy atom. The number of hydrogen-bond donors (Lipinski definition) is 1. The molecule has 1 amide bonds. The van der Waals surface area contributed by atoms with Crippen molar-refractivity contribution in [1.82, 2.24) is 10.2 Å². The molecule has 4 rings (SSSR count). The maximum atomic E-state index is 12.6. The number of nitrogens with one attached hydrogen (secondary N) is 1. The topological polar surface area (TPSA) is 75.7 Å². The van der Waals surface area contributed by atoms with E-state index in [0.717, 1.165) is 38.7 Å². The van der Waals surface area contributed by atoms with Gasteiger partial charge < -0.3 is 15.0 Å². The monoisotopic (exact) mass is 338 g/mol. The van der Waals surface area contributed by atoms with Crippen LogP contribution >= 0.6 is 0 Å². The van der Waals surface area contributed by atoms with Crippen molar-refractivity contribution in [2.45, 2.75) is 23.8 Å². The maximum Gasteiger partial charge on any atom is 0.255 e. The summed E-state index contributed by atoms with van der Waals surface area (Å²) in [6.45, 7) is 3.07. The summed E-state index contributed by atoms with van der Waals surface area (Å²) in [5, 5.41) is 3.06. The zero-order chi connectivity index (χ0) is 16.6. The zero-order valence-electron chi connectivity index (χ0n) is 13.4. The fraction of sp³-hybridized carbons (Fsp3) is 0.562. The number of nitrogens with zero attached hydrogens (tertiary/aromatic N) is 1. The third-order valence-corrected chi connectivity index (χ3v) is 5.93. The quantitative estimate of drug-likeness (QED) is 0.884. The third-order valence-electron chi connectivity index (χ3n) is 4.82. The summed E-state index contributed by atoms with van der Waals surface area (Å²) in [5.41, 5.74) is 0.270. The Hall–Kier alpha value is -1.60. The molecule has 0 radical (unpaired) electrons. The minimum absolute atomic E-state index is 0.122. The van der Waals surface area contributed by atoms with Gasteiger partial charge in [-0.2, -0.15) is 0 Å². The van der Waals surface area contributed by atoms with Gasteiger partial charge in [-0.05, 0) is 50.0 Å². The molecule has 6 nitrogen and oxygen atoms in total. The number of benzene rings is 1. The molecule has 3 fully saturated rings. The number of amides is 1. The number of fused-ring (bicyclic) bond motifs is 3. The number of ether oxygens (including phenoxy) is 1. The molecule has 7 heteroatoms. The predicted octanol–water partition coefficient (Wildman–Crippen LogP) is 0.923. The number of methoxy groups -OCH3 is 1. The molecular formula is C16H22N2O4S. The van der Waals surface area contributed by atoms with E-state index >= 15 is 0 Å². The van der Waals surface area contributed by atoms with Crippen molar-refractivity contribution in [2.75, 3.05) is 33.0 Å². The molecule has 3 saturated heterocycles. The highest BCUT2D eigenvalue weighted by Crippen LogP contribution is 2.28. The summed E-state index contributed by atoms with van der Waals surface area (Å²) in [6, 6.07) is 4.50. The number of carbonyl (C=O) groups is 1. The van der Waals surface area contributed by atoms with E-state index in [1.807, 2.05) is 0 Å². The zero-order valence-corrected chi connectivity index (χ0v) is 14.2. The average Bonchev–Trinajstić information content (AvgIpc) is 2.54. The minimum Gasteiger partial charge on any atom is -0.496 e. The van der Waals surface area contributed by atoms with Gasteiger partial charge in [0.2, 0.25) is 0 Å². The van der Waals surface area contributed by atoms with Gasteiger partial charge in [-0.25, -0.2) is 8.42 Å². The largest absolute Gasteiger partial charge is 0.496 e. The molecular weight excluding hydrogens is 316 g/mol. The normalized spacial score (nSPS) is 26.8. The Morgan fingerprint density at radius 2 is 2.00 bits per heavy atom. The van der Waals surface area contributed by atoms with Gasteiger partial charge in [-0.15, -0.1) is 0 Å². The molecule has 0 spiro atoms. The first-order valence-electron chi connectivity index (χ1n) is 7.80. The molecule has 126 valence electrons. The molecule has 0 aliphatic carbocycles. The van der Waals surface area contributed by atoms with Crippen molar-refractivity contribution in [3.8, 4) is 5.75 Å². The Balaban J connectivity index is 1.83. The van der Waals surface area contributed by atoms with E-state index in [0.29, 0.717) is 11.7 Å². The van der Waals surface area contributed by atoms with Crippen molar-refractivity contribution >= 4 is 15.7 Å². The molecule has 0 aromatic heterocycles. The summed E-state index contributed by atoms with van der Waals surface area (Å²) in [4.78, 5) is 15.1. The van der Waals surface area contributed by atoms with Gasteiger partial charge in [-0.3, -0.25) is 4.79 Å². The highest BCUT2D eigenvalue weighted by atomic mass is 32.2. The molecule has 1 aromatic carbocycles. The first kappa shape index (κ1) is 16.3. The van der Waals surface area contributed by atoms with Gasteiger partial charge in [0.15, 0.2) is 9.84 Å². The van der Waals surface area contributed by atoms with Crippen molar-refractivity contribution in [3.05, 3.63) is 23.8 Å². The van der Waals surface area contributed by atoms with E-state index < -0.39 is 9.84 Å². The van der Waals surface area contributed by atoms with Crippen LogP contribution in [0.25, 0.3) is 0 Å². The average molecular weight is 338 g/mol. The summed E-state index contributed by atoms with van der Waals surface area (Å²) in [7, 11) is -1.90. The van der Waals surface area contributed by atoms with Crippen LogP contribution in [0.5, 0.6) is 5.75 Å². The van der Waals surface area contributed by atoms with Crippen molar-refractivity contribution in [3.63, 3.8) is 0 Å². The lowest BCUT2D eigenvalue weighted by Gasteiger charge is -2.44. The van der Waals surface area contributed by atoms with Crippen LogP contribution < -0.4 is 10.1 Å². The van der Waals surface area contributed by atoms with Crippen molar-refractivity contribution in [2.24, 2.45) is 5.92 Å². The first-order chi connectivity index (χ1) is 10.9. The van der Waals surface area contributed by atoms with Crippen molar-refractivity contribution < 1.29 is 17.9 Å². The van der Waals surface area contributed by atoms with Crippen LogP contribution in [0, 0.1) is 5.92 Å². The van der Waals surface area contributed by atoms with Crippen LogP contribution in [-0.2, 0) is 9.84 Å². The molecule has 1 atom stereocenters. The van der Waals surface area contributed by atoms with E-state index in [1.54, 1.807) is 0 Å². The van der Waals surface area contributed by atoms with Gasteiger partial charge in [0, 0.05) is 18.8 Å². The lowest BCUT2D eigenvalue weighted by atomic mass is 9.84. The second kappa shape index (κ2) is 6.13. The van der Waals surface area contributed by atoms with Gasteiger partial charge >= 0.3 is 0 Å². The highest BCUT2D eigenvalue weighted by Gasteiger charge is 2.35. The van der Waals surface area contributed by atoms with Crippen LogP contribution in [-0.4, -0.2) is 58.3 Å². The fourth-order valence-electron chi connectivity index (χ4n) is 3.47. The van der Waals surface area contributed by atoms with Gasteiger partial charge in [0.05, 0.1) is 17.6 Å². The van der Waals surface area contributed by atoms with Gasteiger partial charge in [-0.1, -0.05) is 0 Å². The van der Waals surface area contributed by atoms with Crippen LogP contribution in [0.4, 0.5) is 0 Å². The molecule has 23 heavy (non-hydrogen) atoms. The standard InChI is InChI=1S/C16H22N2O4S/c1-22-15-4-3-12(23(2,20)21)9-13(15)16(19)17-14-10-18-7-5-11(14)6-8-18/h3-4,9,11,14H,5-8,10H2,1-2H3,(H,17,19). The van der Waals surface area contributed by atoms with Gasteiger partial charge in [0.25, 0.3) is 5.91 Å². The van der Waals surface area contributed by atoms with E-state index in [-0.39, 0.29) is 22.4 Å². The molecule has 1 unspecified atom stereocenters. The van der Waals surface area contributed by atoms with Crippen LogP contribution in [0.3, 0.4) is 0 Å². The smallest absolute Gasteiger partial charge is 0.255 e. The van der Waals surface area contributed by atoms with Gasteiger partial charge in [0.1, 0.15) is 5.75 Å². The summed E-state index contributed by atoms with van der Waals surface area (Å²) in [5.74, 6) is 0.621. The lowest BCUT2D eigenvalue weighted by Crippen LogP contribution is -2.57. The molecule has 1 aromatic rings. The lowest BCUT2D eigenvalue weighted by molar-refractivity contribution is 0.0619. The summed E-state index contributed by atoms with van der Waals surface area (Å²) >= 11 is 0. The van der Waals surface area contributed by atoms with E-state index in [2.05, 4.69) is 10.2 Å². The molecule has 2 bridgehead atoms. The Morgan fingerprint density at radius 1 is 1.30 bits per heavy atom. The molecule has 3 aliphatic heterocycles. The number of rotatable bonds is 4. The summed E-state index contributed by atoms with van der Waals surface area (Å²) < 4.78 is 28.7. The second-order valence-electron chi connectivity index (χ2n) is 6.35. The number of piperidine rings is 3. The van der Waals surface area contributed by atoms with E-state index in [4.69, 9.17) is 4.74 Å². The van der Waals surface area contributed by atoms with E-state index in [1.165, 1.54) is 25.3 Å². The molecule has 0 saturated carbocycles. The SMILES string of the molecule is COc1ccc(S(C)(=O)=O)cc1C(=O)NC1CN2CCC1CC2. The predicted molar refractivity (Wildman–Crippen MR) is 86.5 cm³/mol. The minimum atomic E-state index is -3.37. The Labute approximate surface area is 136 Å². The first-order valence-corrected chi connectivity index (χ1v) is 9.69.